The Labute approximate surface area is 111 Å². The molecule has 0 radical (unpaired) electrons. The SMILES string of the molecule is CCOC1CC(NCCC2CCCO2)C12CCC2. The van der Waals surface area contributed by atoms with Crippen molar-refractivity contribution in [2.24, 2.45) is 5.41 Å². The van der Waals surface area contributed by atoms with Crippen LogP contribution in [0.5, 0.6) is 0 Å². The average Bonchev–Trinajstić information content (AvgIpc) is 2.77. The van der Waals surface area contributed by atoms with Gasteiger partial charge in [-0.3, -0.25) is 0 Å². The Bertz CT molecular complexity index is 272. The third kappa shape index (κ3) is 2.21. The Balaban J connectivity index is 1.40. The molecular weight excluding hydrogens is 226 g/mol. The summed E-state index contributed by atoms with van der Waals surface area (Å²) in [5.41, 5.74) is 0.506. The molecule has 0 amide bonds. The number of rotatable bonds is 6. The molecule has 3 fully saturated rings. The first-order chi connectivity index (χ1) is 8.85. The van der Waals surface area contributed by atoms with Gasteiger partial charge in [-0.2, -0.15) is 0 Å². The van der Waals surface area contributed by atoms with E-state index in [2.05, 4.69) is 12.2 Å². The van der Waals surface area contributed by atoms with Gasteiger partial charge in [-0.05, 0) is 52.0 Å². The van der Waals surface area contributed by atoms with E-state index in [9.17, 15) is 0 Å². The van der Waals surface area contributed by atoms with E-state index in [1.807, 2.05) is 0 Å². The van der Waals surface area contributed by atoms with Gasteiger partial charge < -0.3 is 14.8 Å². The summed E-state index contributed by atoms with van der Waals surface area (Å²) in [6.45, 7) is 5.08. The van der Waals surface area contributed by atoms with Gasteiger partial charge in [-0.25, -0.2) is 0 Å². The van der Waals surface area contributed by atoms with Crippen molar-refractivity contribution in [3.05, 3.63) is 0 Å². The molecule has 3 rings (SSSR count). The van der Waals surface area contributed by atoms with E-state index >= 15 is 0 Å². The monoisotopic (exact) mass is 253 g/mol. The standard InChI is InChI=1S/C15H27NO2/c1-2-17-14-11-13(15(14)7-4-8-15)16-9-6-12-5-3-10-18-12/h12-14,16H,2-11H2,1H3. The van der Waals surface area contributed by atoms with Crippen LogP contribution in [0.3, 0.4) is 0 Å². The summed E-state index contributed by atoms with van der Waals surface area (Å²) >= 11 is 0. The lowest BCUT2D eigenvalue weighted by Gasteiger charge is -2.61. The van der Waals surface area contributed by atoms with Crippen LogP contribution < -0.4 is 5.32 Å². The van der Waals surface area contributed by atoms with Gasteiger partial charge in [0.05, 0.1) is 12.2 Å². The van der Waals surface area contributed by atoms with Crippen molar-refractivity contribution in [3.8, 4) is 0 Å². The van der Waals surface area contributed by atoms with Crippen LogP contribution in [-0.2, 0) is 9.47 Å². The minimum Gasteiger partial charge on any atom is -0.378 e. The van der Waals surface area contributed by atoms with Crippen LogP contribution in [0.4, 0.5) is 0 Å². The first-order valence-corrected chi connectivity index (χ1v) is 7.82. The molecule has 1 spiro atoms. The van der Waals surface area contributed by atoms with E-state index < -0.39 is 0 Å². The summed E-state index contributed by atoms with van der Waals surface area (Å²) in [5, 5.41) is 3.77. The molecule has 1 heterocycles. The lowest BCUT2D eigenvalue weighted by molar-refractivity contribution is -0.172. The molecule has 1 N–H and O–H groups in total. The molecule has 3 atom stereocenters. The number of ether oxygens (including phenoxy) is 2. The Kier molecular flexibility index (Phi) is 3.92. The lowest BCUT2D eigenvalue weighted by atomic mass is 9.51. The second-order valence-corrected chi connectivity index (χ2v) is 6.20. The average molecular weight is 253 g/mol. The van der Waals surface area contributed by atoms with Crippen molar-refractivity contribution in [2.45, 2.75) is 70.1 Å². The molecule has 3 heteroatoms. The molecule has 1 aliphatic heterocycles. The molecule has 0 bridgehead atoms. The summed E-state index contributed by atoms with van der Waals surface area (Å²) in [6.07, 6.45) is 10.1. The first-order valence-electron chi connectivity index (χ1n) is 7.82. The lowest BCUT2D eigenvalue weighted by Crippen LogP contribution is -2.67. The molecule has 2 aliphatic carbocycles. The van der Waals surface area contributed by atoms with E-state index in [0.29, 0.717) is 23.7 Å². The van der Waals surface area contributed by atoms with Crippen LogP contribution in [-0.4, -0.2) is 38.0 Å². The van der Waals surface area contributed by atoms with Crippen LogP contribution in [0.15, 0.2) is 0 Å². The zero-order valence-corrected chi connectivity index (χ0v) is 11.6. The predicted molar refractivity (Wildman–Crippen MR) is 71.7 cm³/mol. The van der Waals surface area contributed by atoms with Crippen molar-refractivity contribution in [3.63, 3.8) is 0 Å². The molecule has 0 aromatic carbocycles. The maximum absolute atomic E-state index is 5.88. The predicted octanol–water partition coefficient (Wildman–Crippen LogP) is 2.49. The van der Waals surface area contributed by atoms with E-state index in [0.717, 1.165) is 19.8 Å². The highest BCUT2D eigenvalue weighted by molar-refractivity contribution is 5.12. The van der Waals surface area contributed by atoms with E-state index in [1.165, 1.54) is 44.9 Å². The van der Waals surface area contributed by atoms with Crippen LogP contribution in [0.1, 0.15) is 51.9 Å². The molecule has 104 valence electrons. The second kappa shape index (κ2) is 5.48. The van der Waals surface area contributed by atoms with Crippen molar-refractivity contribution in [1.82, 2.24) is 5.32 Å². The third-order valence-electron chi connectivity index (χ3n) is 5.32. The fourth-order valence-electron chi connectivity index (χ4n) is 4.02. The highest BCUT2D eigenvalue weighted by atomic mass is 16.5. The Morgan fingerprint density at radius 1 is 1.33 bits per heavy atom. The summed E-state index contributed by atoms with van der Waals surface area (Å²) in [6, 6.07) is 0.712. The molecule has 3 nitrogen and oxygen atoms in total. The van der Waals surface area contributed by atoms with Crippen LogP contribution in [0.25, 0.3) is 0 Å². The summed E-state index contributed by atoms with van der Waals surface area (Å²) in [5.74, 6) is 0. The molecule has 3 aliphatic rings. The first kappa shape index (κ1) is 12.9. The van der Waals surface area contributed by atoms with Crippen molar-refractivity contribution >= 4 is 0 Å². The summed E-state index contributed by atoms with van der Waals surface area (Å²) < 4.78 is 11.6. The van der Waals surface area contributed by atoms with E-state index in [4.69, 9.17) is 9.47 Å². The number of hydrogen-bond acceptors (Lipinski definition) is 3. The van der Waals surface area contributed by atoms with Crippen molar-refractivity contribution in [1.29, 1.82) is 0 Å². The molecule has 0 aromatic rings. The smallest absolute Gasteiger partial charge is 0.0661 e. The van der Waals surface area contributed by atoms with Crippen LogP contribution in [0, 0.1) is 5.41 Å². The molecule has 1 saturated heterocycles. The zero-order valence-electron chi connectivity index (χ0n) is 11.6. The number of hydrogen-bond donors (Lipinski definition) is 1. The van der Waals surface area contributed by atoms with Gasteiger partial charge in [0.15, 0.2) is 0 Å². The van der Waals surface area contributed by atoms with Gasteiger partial charge in [0.2, 0.25) is 0 Å². The molecule has 18 heavy (non-hydrogen) atoms. The molecule has 3 unspecified atom stereocenters. The Hall–Kier alpha value is -0.120. The number of nitrogens with one attached hydrogen (secondary N) is 1. The Morgan fingerprint density at radius 3 is 2.83 bits per heavy atom. The van der Waals surface area contributed by atoms with Crippen LogP contribution >= 0.6 is 0 Å². The van der Waals surface area contributed by atoms with Gasteiger partial charge in [0.25, 0.3) is 0 Å². The van der Waals surface area contributed by atoms with Gasteiger partial charge in [-0.1, -0.05) is 6.42 Å². The maximum atomic E-state index is 5.88. The van der Waals surface area contributed by atoms with Crippen molar-refractivity contribution < 1.29 is 9.47 Å². The minimum atomic E-state index is 0.506. The minimum absolute atomic E-state index is 0.506. The molecule has 2 saturated carbocycles. The van der Waals surface area contributed by atoms with E-state index in [1.54, 1.807) is 0 Å². The fourth-order valence-corrected chi connectivity index (χ4v) is 4.02. The summed E-state index contributed by atoms with van der Waals surface area (Å²) in [4.78, 5) is 0. The van der Waals surface area contributed by atoms with E-state index in [-0.39, 0.29) is 0 Å². The Morgan fingerprint density at radius 2 is 2.22 bits per heavy atom. The quantitative estimate of drug-likeness (QED) is 0.789. The van der Waals surface area contributed by atoms with Gasteiger partial charge >= 0.3 is 0 Å². The maximum Gasteiger partial charge on any atom is 0.0661 e. The largest absolute Gasteiger partial charge is 0.378 e. The summed E-state index contributed by atoms with van der Waals surface area (Å²) in [7, 11) is 0. The van der Waals surface area contributed by atoms with Crippen molar-refractivity contribution in [2.75, 3.05) is 19.8 Å². The highest BCUT2D eigenvalue weighted by Crippen LogP contribution is 2.57. The highest BCUT2D eigenvalue weighted by Gasteiger charge is 2.58. The molecule has 0 aromatic heterocycles. The normalized spacial score (nSPS) is 37.5. The van der Waals surface area contributed by atoms with Gasteiger partial charge in [0.1, 0.15) is 0 Å². The fraction of sp³-hybridized carbons (Fsp3) is 1.00. The van der Waals surface area contributed by atoms with Gasteiger partial charge in [-0.15, -0.1) is 0 Å². The topological polar surface area (TPSA) is 30.5 Å². The zero-order chi connectivity index (χ0) is 12.4. The third-order valence-corrected chi connectivity index (χ3v) is 5.32. The van der Waals surface area contributed by atoms with Crippen LogP contribution in [0.2, 0.25) is 0 Å². The van der Waals surface area contributed by atoms with Gasteiger partial charge in [0, 0.05) is 24.7 Å². The second-order valence-electron chi connectivity index (χ2n) is 6.20. The molecular formula is C15H27NO2.